The molecule has 0 fully saturated rings. The Kier molecular flexibility index (Phi) is 7.86. The maximum absolute atomic E-state index is 4.72. The van der Waals surface area contributed by atoms with Crippen molar-refractivity contribution in [3.05, 3.63) is 16.4 Å². The van der Waals surface area contributed by atoms with Crippen molar-refractivity contribution in [2.75, 3.05) is 0 Å². The van der Waals surface area contributed by atoms with Gasteiger partial charge in [-0.25, -0.2) is 0 Å². The van der Waals surface area contributed by atoms with Gasteiger partial charge in [-0.05, 0) is 48.7 Å². The van der Waals surface area contributed by atoms with Crippen LogP contribution in [0.2, 0.25) is 0 Å². The highest BCUT2D eigenvalue weighted by molar-refractivity contribution is 9.10. The minimum atomic E-state index is 0.162. The highest BCUT2D eigenvalue weighted by Crippen LogP contribution is 2.32. The zero-order valence-electron chi connectivity index (χ0n) is 13.7. The average molecular weight is 343 g/mol. The molecule has 0 aliphatic rings. The Morgan fingerprint density at radius 2 is 1.65 bits per heavy atom. The molecule has 20 heavy (non-hydrogen) atoms. The summed E-state index contributed by atoms with van der Waals surface area (Å²) in [5, 5.41) is 4.72. The van der Waals surface area contributed by atoms with Gasteiger partial charge in [0.2, 0.25) is 0 Å². The second-order valence-electron chi connectivity index (χ2n) is 6.28. The third-order valence-electron chi connectivity index (χ3n) is 4.19. The van der Waals surface area contributed by atoms with Crippen molar-refractivity contribution in [3.8, 4) is 0 Å². The van der Waals surface area contributed by atoms with Crippen molar-refractivity contribution in [2.45, 2.75) is 91.0 Å². The summed E-state index contributed by atoms with van der Waals surface area (Å²) in [4.78, 5) is 0. The lowest BCUT2D eigenvalue weighted by atomic mass is 9.89. The van der Waals surface area contributed by atoms with E-state index in [1.807, 2.05) is 0 Å². The molecule has 0 saturated carbocycles. The molecule has 0 bridgehead atoms. The molecule has 0 spiro atoms. The molecule has 0 aromatic carbocycles. The van der Waals surface area contributed by atoms with E-state index in [2.05, 4.69) is 54.4 Å². The Hall–Kier alpha value is -0.310. The van der Waals surface area contributed by atoms with E-state index in [-0.39, 0.29) is 5.54 Å². The van der Waals surface area contributed by atoms with Crippen LogP contribution in [0, 0.1) is 6.92 Å². The number of unbranched alkanes of at least 4 members (excludes halogenated alkanes) is 5. The SMILES string of the molecule is CCCCCCCC(C)(CCCC)n1nc(C)cc1Br. The van der Waals surface area contributed by atoms with Crippen LogP contribution in [0.1, 0.15) is 84.3 Å². The molecular weight excluding hydrogens is 312 g/mol. The quantitative estimate of drug-likeness (QED) is 0.461. The van der Waals surface area contributed by atoms with Gasteiger partial charge in [0.15, 0.2) is 0 Å². The summed E-state index contributed by atoms with van der Waals surface area (Å²) in [6, 6.07) is 2.13. The van der Waals surface area contributed by atoms with Gasteiger partial charge >= 0.3 is 0 Å². The molecule has 1 unspecified atom stereocenters. The van der Waals surface area contributed by atoms with Crippen LogP contribution in [0.15, 0.2) is 10.7 Å². The summed E-state index contributed by atoms with van der Waals surface area (Å²) in [6.45, 7) is 8.99. The Morgan fingerprint density at radius 3 is 2.20 bits per heavy atom. The molecule has 2 nitrogen and oxygen atoms in total. The number of nitrogens with zero attached hydrogens (tertiary/aromatic N) is 2. The van der Waals surface area contributed by atoms with Crippen LogP contribution in [0.3, 0.4) is 0 Å². The van der Waals surface area contributed by atoms with Gasteiger partial charge in [-0.3, -0.25) is 4.68 Å². The molecular formula is C17H31BrN2. The van der Waals surface area contributed by atoms with Crippen LogP contribution in [0.25, 0.3) is 0 Å². The smallest absolute Gasteiger partial charge is 0.105 e. The van der Waals surface area contributed by atoms with Crippen LogP contribution in [-0.4, -0.2) is 9.78 Å². The summed E-state index contributed by atoms with van der Waals surface area (Å²) in [7, 11) is 0. The summed E-state index contributed by atoms with van der Waals surface area (Å²) in [5.74, 6) is 0. The van der Waals surface area contributed by atoms with Crippen molar-refractivity contribution in [1.82, 2.24) is 9.78 Å². The number of hydrogen-bond donors (Lipinski definition) is 0. The minimum Gasteiger partial charge on any atom is -0.252 e. The molecule has 1 aromatic rings. The van der Waals surface area contributed by atoms with E-state index in [0.717, 1.165) is 10.3 Å². The number of rotatable bonds is 10. The molecule has 1 aromatic heterocycles. The monoisotopic (exact) mass is 342 g/mol. The van der Waals surface area contributed by atoms with Gasteiger partial charge in [-0.1, -0.05) is 58.8 Å². The first-order valence-corrected chi connectivity index (χ1v) is 9.05. The van der Waals surface area contributed by atoms with E-state index in [0.29, 0.717) is 0 Å². The lowest BCUT2D eigenvalue weighted by Gasteiger charge is -2.31. The summed E-state index contributed by atoms with van der Waals surface area (Å²) in [5.41, 5.74) is 1.26. The van der Waals surface area contributed by atoms with Crippen molar-refractivity contribution in [1.29, 1.82) is 0 Å². The van der Waals surface area contributed by atoms with Crippen molar-refractivity contribution < 1.29 is 0 Å². The Balaban J connectivity index is 2.68. The summed E-state index contributed by atoms with van der Waals surface area (Å²) in [6.07, 6.45) is 11.7. The fraction of sp³-hybridized carbons (Fsp3) is 0.824. The van der Waals surface area contributed by atoms with Gasteiger partial charge in [-0.2, -0.15) is 5.10 Å². The molecule has 1 heterocycles. The predicted molar refractivity (Wildman–Crippen MR) is 91.2 cm³/mol. The van der Waals surface area contributed by atoms with Crippen molar-refractivity contribution in [2.24, 2.45) is 0 Å². The largest absolute Gasteiger partial charge is 0.252 e. The first kappa shape index (κ1) is 17.7. The topological polar surface area (TPSA) is 17.8 Å². The van der Waals surface area contributed by atoms with Gasteiger partial charge in [-0.15, -0.1) is 0 Å². The molecule has 0 saturated heterocycles. The van der Waals surface area contributed by atoms with Gasteiger partial charge in [0.05, 0.1) is 11.2 Å². The third kappa shape index (κ3) is 5.23. The predicted octanol–water partition coefficient (Wildman–Crippen LogP) is 6.22. The Bertz CT molecular complexity index is 386. The van der Waals surface area contributed by atoms with Crippen LogP contribution < -0.4 is 0 Å². The minimum absolute atomic E-state index is 0.162. The zero-order chi connectivity index (χ0) is 15.0. The van der Waals surface area contributed by atoms with E-state index in [1.165, 1.54) is 57.8 Å². The Labute approximate surface area is 133 Å². The van der Waals surface area contributed by atoms with E-state index in [4.69, 9.17) is 5.10 Å². The first-order chi connectivity index (χ1) is 9.53. The zero-order valence-corrected chi connectivity index (χ0v) is 15.3. The first-order valence-electron chi connectivity index (χ1n) is 8.26. The van der Waals surface area contributed by atoms with Crippen LogP contribution >= 0.6 is 15.9 Å². The Morgan fingerprint density at radius 1 is 1.05 bits per heavy atom. The van der Waals surface area contributed by atoms with Crippen molar-refractivity contribution >= 4 is 15.9 Å². The van der Waals surface area contributed by atoms with Crippen LogP contribution in [-0.2, 0) is 5.54 Å². The standard InChI is InChI=1S/C17H31BrN2/c1-5-7-9-10-11-13-17(4,12-8-6-2)20-16(18)14-15(3)19-20/h14H,5-13H2,1-4H3. The average Bonchev–Trinajstić information content (AvgIpc) is 2.76. The molecule has 116 valence electrons. The third-order valence-corrected chi connectivity index (χ3v) is 4.75. The fourth-order valence-corrected chi connectivity index (χ4v) is 3.69. The second kappa shape index (κ2) is 8.86. The summed E-state index contributed by atoms with van der Waals surface area (Å²) >= 11 is 3.68. The lowest BCUT2D eigenvalue weighted by Crippen LogP contribution is -2.31. The van der Waals surface area contributed by atoms with Gasteiger partial charge < -0.3 is 0 Å². The van der Waals surface area contributed by atoms with Gasteiger partial charge in [0.1, 0.15) is 4.60 Å². The van der Waals surface area contributed by atoms with E-state index < -0.39 is 0 Å². The molecule has 0 radical (unpaired) electrons. The number of aromatic nitrogens is 2. The molecule has 0 amide bonds. The van der Waals surface area contributed by atoms with Gasteiger partial charge in [0.25, 0.3) is 0 Å². The van der Waals surface area contributed by atoms with Gasteiger partial charge in [0, 0.05) is 0 Å². The maximum Gasteiger partial charge on any atom is 0.105 e. The van der Waals surface area contributed by atoms with Crippen LogP contribution in [0.5, 0.6) is 0 Å². The van der Waals surface area contributed by atoms with E-state index >= 15 is 0 Å². The van der Waals surface area contributed by atoms with Crippen molar-refractivity contribution in [3.63, 3.8) is 0 Å². The van der Waals surface area contributed by atoms with Crippen LogP contribution in [0.4, 0.5) is 0 Å². The van der Waals surface area contributed by atoms with E-state index in [1.54, 1.807) is 0 Å². The highest BCUT2D eigenvalue weighted by Gasteiger charge is 2.28. The molecule has 0 aliphatic carbocycles. The molecule has 3 heteroatoms. The lowest BCUT2D eigenvalue weighted by molar-refractivity contribution is 0.224. The molecule has 1 atom stereocenters. The summed E-state index contributed by atoms with van der Waals surface area (Å²) < 4.78 is 3.35. The number of halogens is 1. The fourth-order valence-electron chi connectivity index (χ4n) is 2.85. The molecule has 0 aliphatic heterocycles. The molecule has 1 rings (SSSR count). The number of aryl methyl sites for hydroxylation is 1. The normalized spacial score (nSPS) is 14.4. The highest BCUT2D eigenvalue weighted by atomic mass is 79.9. The van der Waals surface area contributed by atoms with E-state index in [9.17, 15) is 0 Å². The maximum atomic E-state index is 4.72. The second-order valence-corrected chi connectivity index (χ2v) is 7.10. The molecule has 0 N–H and O–H groups in total. The number of hydrogen-bond acceptors (Lipinski definition) is 1.